The molecule has 0 rings (SSSR count). The van der Waals surface area contributed by atoms with E-state index in [0.29, 0.717) is 12.8 Å². The zero-order chi connectivity index (χ0) is 14.8. The first-order valence-electron chi connectivity index (χ1n) is 5.92. The van der Waals surface area contributed by atoms with Crippen LogP contribution in [0.5, 0.6) is 0 Å². The summed E-state index contributed by atoms with van der Waals surface area (Å²) in [5, 5.41) is 13.7. The number of carbonyl (C=O) groups excluding carboxylic acids is 2. The van der Waals surface area contributed by atoms with E-state index in [9.17, 15) is 14.4 Å². The van der Waals surface area contributed by atoms with Gasteiger partial charge in [0, 0.05) is 18.9 Å². The zero-order valence-electron chi connectivity index (χ0n) is 10.8. The lowest BCUT2D eigenvalue weighted by atomic mass is 10.1. The third-order valence-electron chi connectivity index (χ3n) is 2.48. The van der Waals surface area contributed by atoms with Gasteiger partial charge in [0.25, 0.3) is 0 Å². The summed E-state index contributed by atoms with van der Waals surface area (Å²) in [6.07, 6.45) is 5.98. The second kappa shape index (κ2) is 8.80. The summed E-state index contributed by atoms with van der Waals surface area (Å²) >= 11 is 0. The van der Waals surface area contributed by atoms with Crippen LogP contribution < -0.4 is 16.4 Å². The monoisotopic (exact) mass is 269 g/mol. The van der Waals surface area contributed by atoms with Gasteiger partial charge in [0.05, 0.1) is 0 Å². The van der Waals surface area contributed by atoms with Crippen molar-refractivity contribution in [3.63, 3.8) is 0 Å². The standard InChI is InChI=1S/C12H19N3O4/c1-3-5-8(4-2)14-12(19)15-9(11(17)18)6-7-10(13)16/h1,8-9H,4-7H2,2H3,(H2,13,16)(H,17,18)(H2,14,15,19)/t8?,9-/m1/s1. The molecule has 0 bridgehead atoms. The maximum Gasteiger partial charge on any atom is 0.326 e. The maximum atomic E-state index is 11.6. The molecule has 0 aliphatic heterocycles. The molecule has 0 saturated heterocycles. The second-order valence-corrected chi connectivity index (χ2v) is 4.03. The van der Waals surface area contributed by atoms with Crippen molar-refractivity contribution >= 4 is 17.9 Å². The highest BCUT2D eigenvalue weighted by Crippen LogP contribution is 1.99. The lowest BCUT2D eigenvalue weighted by Crippen LogP contribution is -2.49. The Balaban J connectivity index is 4.34. The summed E-state index contributed by atoms with van der Waals surface area (Å²) in [4.78, 5) is 33.1. The van der Waals surface area contributed by atoms with E-state index in [1.54, 1.807) is 0 Å². The fourth-order valence-electron chi connectivity index (χ4n) is 1.37. The van der Waals surface area contributed by atoms with Gasteiger partial charge in [0.1, 0.15) is 6.04 Å². The minimum absolute atomic E-state index is 0.0516. The van der Waals surface area contributed by atoms with Crippen LogP contribution in [0.3, 0.4) is 0 Å². The van der Waals surface area contributed by atoms with Crippen LogP contribution >= 0.6 is 0 Å². The summed E-state index contributed by atoms with van der Waals surface area (Å²) in [7, 11) is 0. The highest BCUT2D eigenvalue weighted by molar-refractivity contribution is 5.83. The van der Waals surface area contributed by atoms with Gasteiger partial charge < -0.3 is 21.5 Å². The van der Waals surface area contributed by atoms with Gasteiger partial charge in [-0.1, -0.05) is 6.92 Å². The van der Waals surface area contributed by atoms with Crippen LogP contribution in [-0.4, -0.2) is 35.1 Å². The molecular formula is C12H19N3O4. The average Bonchev–Trinajstić information content (AvgIpc) is 2.33. The summed E-state index contributed by atoms with van der Waals surface area (Å²) in [5.74, 6) is 0.581. The summed E-state index contributed by atoms with van der Waals surface area (Å²) < 4.78 is 0. The Labute approximate surface area is 111 Å². The molecule has 0 aromatic rings. The van der Waals surface area contributed by atoms with Gasteiger partial charge in [0.15, 0.2) is 0 Å². The molecule has 0 aliphatic carbocycles. The molecule has 0 saturated carbocycles. The Morgan fingerprint density at radius 1 is 1.37 bits per heavy atom. The quantitative estimate of drug-likeness (QED) is 0.456. The minimum atomic E-state index is -1.22. The summed E-state index contributed by atoms with van der Waals surface area (Å²) in [6.45, 7) is 1.85. The number of primary amides is 1. The molecule has 0 aliphatic rings. The van der Waals surface area contributed by atoms with E-state index < -0.39 is 23.9 Å². The van der Waals surface area contributed by atoms with Gasteiger partial charge >= 0.3 is 12.0 Å². The molecule has 106 valence electrons. The van der Waals surface area contributed by atoms with Crippen LogP contribution in [0, 0.1) is 12.3 Å². The van der Waals surface area contributed by atoms with Crippen molar-refractivity contribution in [2.45, 2.75) is 44.7 Å². The predicted molar refractivity (Wildman–Crippen MR) is 69.0 cm³/mol. The molecule has 5 N–H and O–H groups in total. The lowest BCUT2D eigenvalue weighted by Gasteiger charge is -2.18. The number of amides is 3. The Morgan fingerprint density at radius 2 is 2.00 bits per heavy atom. The number of aliphatic carboxylic acids is 1. The fraction of sp³-hybridized carbons (Fsp3) is 0.583. The molecule has 7 nitrogen and oxygen atoms in total. The summed E-state index contributed by atoms with van der Waals surface area (Å²) in [6, 6.07) is -2.00. The molecule has 0 aromatic heterocycles. The van der Waals surface area contributed by atoms with E-state index >= 15 is 0 Å². The first-order chi connectivity index (χ1) is 8.90. The zero-order valence-corrected chi connectivity index (χ0v) is 10.8. The van der Waals surface area contributed by atoms with Crippen LogP contribution in [0.1, 0.15) is 32.6 Å². The average molecular weight is 269 g/mol. The Morgan fingerprint density at radius 3 is 2.42 bits per heavy atom. The number of nitrogens with two attached hydrogens (primary N) is 1. The third kappa shape index (κ3) is 7.65. The number of rotatable bonds is 8. The van der Waals surface area contributed by atoms with Gasteiger partial charge in [-0.15, -0.1) is 12.3 Å². The molecule has 0 spiro atoms. The SMILES string of the molecule is C#CCC(CC)NC(=O)N[C@H](CCC(N)=O)C(=O)O. The molecule has 3 amide bonds. The van der Waals surface area contributed by atoms with Gasteiger partial charge in [-0.2, -0.15) is 0 Å². The van der Waals surface area contributed by atoms with Gasteiger partial charge in [-0.05, 0) is 12.8 Å². The number of hydrogen-bond donors (Lipinski definition) is 4. The maximum absolute atomic E-state index is 11.6. The molecule has 19 heavy (non-hydrogen) atoms. The number of hydrogen-bond acceptors (Lipinski definition) is 3. The molecule has 0 aromatic carbocycles. The van der Waals surface area contributed by atoms with Gasteiger partial charge in [-0.25, -0.2) is 9.59 Å². The number of urea groups is 1. The lowest BCUT2D eigenvalue weighted by molar-refractivity contribution is -0.139. The number of carboxylic acid groups (broad SMARTS) is 1. The Bertz CT molecular complexity index is 376. The summed E-state index contributed by atoms with van der Waals surface area (Å²) in [5.41, 5.74) is 4.93. The predicted octanol–water partition coefficient (Wildman–Crippen LogP) is -0.194. The highest BCUT2D eigenvalue weighted by atomic mass is 16.4. The van der Waals surface area contributed by atoms with Gasteiger partial charge in [-0.3, -0.25) is 4.79 Å². The smallest absolute Gasteiger partial charge is 0.326 e. The normalized spacial score (nSPS) is 12.8. The topological polar surface area (TPSA) is 122 Å². The molecule has 0 fully saturated rings. The molecule has 1 unspecified atom stereocenters. The number of terminal acetylenes is 1. The van der Waals surface area contributed by atoms with E-state index in [-0.39, 0.29) is 18.9 Å². The van der Waals surface area contributed by atoms with E-state index in [1.165, 1.54) is 0 Å². The van der Waals surface area contributed by atoms with Crippen molar-refractivity contribution in [3.8, 4) is 12.3 Å². The van der Waals surface area contributed by atoms with Crippen molar-refractivity contribution in [1.29, 1.82) is 0 Å². The van der Waals surface area contributed by atoms with Crippen molar-refractivity contribution in [3.05, 3.63) is 0 Å². The molecule has 7 heteroatoms. The number of carboxylic acids is 1. The molecule has 0 radical (unpaired) electrons. The largest absolute Gasteiger partial charge is 0.480 e. The first-order valence-corrected chi connectivity index (χ1v) is 5.92. The van der Waals surface area contributed by atoms with E-state index in [0.717, 1.165) is 0 Å². The van der Waals surface area contributed by atoms with Crippen molar-refractivity contribution in [2.24, 2.45) is 5.73 Å². The van der Waals surface area contributed by atoms with Crippen LogP contribution in [0.25, 0.3) is 0 Å². The molecule has 2 atom stereocenters. The first kappa shape index (κ1) is 16.8. The van der Waals surface area contributed by atoms with Crippen LogP contribution in [0.2, 0.25) is 0 Å². The van der Waals surface area contributed by atoms with Crippen molar-refractivity contribution in [2.75, 3.05) is 0 Å². The van der Waals surface area contributed by atoms with Gasteiger partial charge in [0.2, 0.25) is 5.91 Å². The van der Waals surface area contributed by atoms with E-state index in [4.69, 9.17) is 17.3 Å². The highest BCUT2D eigenvalue weighted by Gasteiger charge is 2.21. The van der Waals surface area contributed by atoms with Crippen molar-refractivity contribution in [1.82, 2.24) is 10.6 Å². The van der Waals surface area contributed by atoms with E-state index in [1.807, 2.05) is 6.92 Å². The third-order valence-corrected chi connectivity index (χ3v) is 2.48. The second-order valence-electron chi connectivity index (χ2n) is 4.03. The molecule has 0 heterocycles. The fourth-order valence-corrected chi connectivity index (χ4v) is 1.37. The van der Waals surface area contributed by atoms with E-state index in [2.05, 4.69) is 16.6 Å². The molecular weight excluding hydrogens is 250 g/mol. The Kier molecular flexibility index (Phi) is 7.77. The Hall–Kier alpha value is -2.23. The number of carbonyl (C=O) groups is 3. The minimum Gasteiger partial charge on any atom is -0.480 e. The van der Waals surface area contributed by atoms with Crippen LogP contribution in [0.15, 0.2) is 0 Å². The van der Waals surface area contributed by atoms with Crippen LogP contribution in [-0.2, 0) is 9.59 Å². The van der Waals surface area contributed by atoms with Crippen molar-refractivity contribution < 1.29 is 19.5 Å². The van der Waals surface area contributed by atoms with Crippen LogP contribution in [0.4, 0.5) is 4.79 Å². The number of nitrogens with one attached hydrogen (secondary N) is 2.